The van der Waals surface area contributed by atoms with E-state index in [4.69, 9.17) is 20.0 Å². The third kappa shape index (κ3) is 9.19. The molecule has 1 amide bonds. The zero-order chi connectivity index (χ0) is 32.8. The Labute approximate surface area is 262 Å². The average Bonchev–Trinajstić information content (AvgIpc) is 3.24. The summed E-state index contributed by atoms with van der Waals surface area (Å²) in [4.78, 5) is 13.1. The predicted octanol–water partition coefficient (Wildman–Crippen LogP) is 5.83. The number of carbonyl (C=O) groups is 1. The van der Waals surface area contributed by atoms with Crippen molar-refractivity contribution in [1.29, 1.82) is 0 Å². The number of alkyl halides is 5. The molecule has 0 spiro atoms. The van der Waals surface area contributed by atoms with Gasteiger partial charge in [0.2, 0.25) is 0 Å². The van der Waals surface area contributed by atoms with Gasteiger partial charge in [-0.1, -0.05) is 38.4 Å². The Morgan fingerprint density at radius 3 is 2.49 bits per heavy atom. The number of rotatable bonds is 10. The van der Waals surface area contributed by atoms with Crippen LogP contribution in [0, 0.1) is 11.3 Å². The van der Waals surface area contributed by atoms with Crippen molar-refractivity contribution in [3.63, 3.8) is 0 Å². The van der Waals surface area contributed by atoms with Gasteiger partial charge < -0.3 is 15.2 Å². The molecule has 1 aliphatic rings. The van der Waals surface area contributed by atoms with Crippen molar-refractivity contribution < 1.29 is 45.0 Å². The Morgan fingerprint density at radius 2 is 1.95 bits per heavy atom. The number of halogens is 7. The third-order valence-corrected chi connectivity index (χ3v) is 8.29. The summed E-state index contributed by atoms with van der Waals surface area (Å²) in [5.74, 6) is -0.691. The first-order chi connectivity index (χ1) is 19.9. The number of hydrogen-bond donors (Lipinski definition) is 3. The summed E-state index contributed by atoms with van der Waals surface area (Å²) >= 11 is 9.01. The van der Waals surface area contributed by atoms with Crippen molar-refractivity contribution in [2.45, 2.75) is 84.4 Å². The molecule has 1 aliphatic carbocycles. The second-order valence-corrected chi connectivity index (χ2v) is 12.0. The number of nitrogens with zero attached hydrogens (tertiary/aromatic N) is 2. The summed E-state index contributed by atoms with van der Waals surface area (Å²) in [5.41, 5.74) is -3.28. The van der Waals surface area contributed by atoms with E-state index in [0.29, 0.717) is 18.8 Å². The molecule has 1 aromatic carbocycles. The molecule has 1 unspecified atom stereocenters. The van der Waals surface area contributed by atoms with Crippen LogP contribution in [0.1, 0.15) is 63.0 Å². The molecular formula is C26H33BrClF5N4O5S. The highest BCUT2D eigenvalue weighted by Crippen LogP contribution is 2.43. The van der Waals surface area contributed by atoms with Crippen molar-refractivity contribution in [2.24, 2.45) is 11.3 Å². The minimum Gasteiger partial charge on any atom is -0.434 e. The van der Waals surface area contributed by atoms with Crippen molar-refractivity contribution in [2.75, 3.05) is 6.54 Å². The summed E-state index contributed by atoms with van der Waals surface area (Å²) in [6, 6.07) is 3.50. The van der Waals surface area contributed by atoms with Crippen LogP contribution >= 0.6 is 27.7 Å². The number of amides is 1. The lowest BCUT2D eigenvalue weighted by Crippen LogP contribution is -2.57. The first kappa shape index (κ1) is 37.0. The smallest absolute Gasteiger partial charge is 0.394 e. The molecule has 0 bridgehead atoms. The monoisotopic (exact) mass is 722 g/mol. The molecule has 0 aliphatic heterocycles. The molecule has 3 rings (SSSR count). The van der Waals surface area contributed by atoms with Gasteiger partial charge in [-0.25, -0.2) is 4.34 Å². The predicted molar refractivity (Wildman–Crippen MR) is 154 cm³/mol. The Hall–Kier alpha value is -2.14. The van der Waals surface area contributed by atoms with Gasteiger partial charge in [0.1, 0.15) is 5.75 Å². The van der Waals surface area contributed by atoms with E-state index in [1.54, 1.807) is 6.92 Å². The lowest BCUT2D eigenvalue weighted by molar-refractivity contribution is -0.211. The molecule has 1 fully saturated rings. The SMILES string of the molecule is CCn1nc(C(=O)NC[C@]2(O)CC[C@@H](C)CC2NBr)c(Cl)c1-c1ccc(CC(C)(C)C(F)(F)F)cc1OC(F)F.O=S=O. The molecule has 9 nitrogen and oxygen atoms in total. The molecule has 17 heteroatoms. The molecule has 1 saturated carbocycles. The highest BCUT2D eigenvalue weighted by molar-refractivity contribution is 9.08. The number of aromatic nitrogens is 2. The van der Waals surface area contributed by atoms with Crippen LogP contribution < -0.4 is 14.4 Å². The Bertz CT molecular complexity index is 1310. The first-order valence-corrected chi connectivity index (χ1v) is 15.0. The standard InChI is InChI=1S/C26H33BrClF5N4O3.O2S/c1-5-37-21(16-7-6-15(11-17(16)40-23(29)30)12-24(3,4)26(31,32)33)19(28)20(36-37)22(38)34-13-25(39)9-8-14(2)10-18(25)35-27;1-3-2/h6-7,11,14,18,23,35,39H,5,8-10,12-13H2,1-4H3,(H,34,38);/t14-,18?,25-;/m1./s1. The van der Waals surface area contributed by atoms with Crippen molar-refractivity contribution in [3.8, 4) is 17.0 Å². The van der Waals surface area contributed by atoms with E-state index < -0.39 is 53.5 Å². The number of nitrogens with one attached hydrogen (secondary N) is 2. The normalized spacial score (nSPS) is 20.8. The van der Waals surface area contributed by atoms with Gasteiger partial charge in [0.05, 0.1) is 21.7 Å². The van der Waals surface area contributed by atoms with Crippen LogP contribution in [-0.2, 0) is 24.5 Å². The lowest BCUT2D eigenvalue weighted by atomic mass is 9.76. The topological polar surface area (TPSA) is 123 Å². The van der Waals surface area contributed by atoms with Gasteiger partial charge in [0.15, 0.2) is 5.69 Å². The fraction of sp³-hybridized carbons (Fsp3) is 0.615. The van der Waals surface area contributed by atoms with Crippen LogP contribution in [0.2, 0.25) is 5.02 Å². The molecule has 0 radical (unpaired) electrons. The van der Waals surface area contributed by atoms with Crippen LogP contribution in [0.15, 0.2) is 18.2 Å². The van der Waals surface area contributed by atoms with Gasteiger partial charge in [-0.3, -0.25) is 9.48 Å². The third-order valence-electron chi connectivity index (χ3n) is 7.38. The van der Waals surface area contributed by atoms with Gasteiger partial charge >= 0.3 is 24.4 Å². The van der Waals surface area contributed by atoms with Gasteiger partial charge in [0, 0.05) is 40.8 Å². The van der Waals surface area contributed by atoms with Crippen LogP contribution in [0.5, 0.6) is 5.75 Å². The summed E-state index contributed by atoms with van der Waals surface area (Å²) < 4.78 is 92.5. The van der Waals surface area contributed by atoms with Crippen LogP contribution in [-0.4, -0.2) is 60.2 Å². The van der Waals surface area contributed by atoms with E-state index in [0.717, 1.165) is 26.3 Å². The van der Waals surface area contributed by atoms with E-state index in [-0.39, 0.29) is 46.7 Å². The largest absolute Gasteiger partial charge is 0.434 e. The van der Waals surface area contributed by atoms with Crippen LogP contribution in [0.4, 0.5) is 22.0 Å². The molecule has 1 aromatic heterocycles. The van der Waals surface area contributed by atoms with Crippen LogP contribution in [0.25, 0.3) is 11.3 Å². The summed E-state index contributed by atoms with van der Waals surface area (Å²) in [5, 5.41) is 17.9. The maximum Gasteiger partial charge on any atom is 0.394 e. The van der Waals surface area contributed by atoms with E-state index in [2.05, 4.69) is 42.6 Å². The second-order valence-electron chi connectivity index (χ2n) is 11.0. The number of carbonyl (C=O) groups excluding carboxylic acids is 1. The molecule has 3 N–H and O–H groups in total. The van der Waals surface area contributed by atoms with Gasteiger partial charge in [-0.15, -0.1) is 0 Å². The molecule has 242 valence electrons. The number of benzene rings is 1. The Morgan fingerprint density at radius 1 is 1.33 bits per heavy atom. The minimum absolute atomic E-state index is 0.0377. The average molecular weight is 724 g/mol. The highest BCUT2D eigenvalue weighted by Gasteiger charge is 2.47. The molecule has 0 saturated heterocycles. The zero-order valence-corrected chi connectivity index (χ0v) is 26.9. The Balaban J connectivity index is 0.00000206. The maximum absolute atomic E-state index is 13.4. The zero-order valence-electron chi connectivity index (χ0n) is 23.7. The van der Waals surface area contributed by atoms with Crippen molar-refractivity contribution in [3.05, 3.63) is 34.5 Å². The minimum atomic E-state index is -4.52. The highest BCUT2D eigenvalue weighted by atomic mass is 79.9. The number of ether oxygens (including phenoxy) is 1. The molecule has 2 aromatic rings. The van der Waals surface area contributed by atoms with Gasteiger partial charge in [-0.2, -0.15) is 35.5 Å². The van der Waals surface area contributed by atoms with E-state index in [1.807, 2.05) is 0 Å². The molecule has 1 heterocycles. The second kappa shape index (κ2) is 15.2. The maximum atomic E-state index is 13.4. The summed E-state index contributed by atoms with van der Waals surface area (Å²) in [6.07, 6.45) is -3.08. The van der Waals surface area contributed by atoms with Gasteiger partial charge in [-0.05, 0) is 56.2 Å². The number of aryl methyl sites for hydroxylation is 1. The fourth-order valence-electron chi connectivity index (χ4n) is 4.83. The van der Waals surface area contributed by atoms with Gasteiger partial charge in [0.25, 0.3) is 5.91 Å². The molecule has 43 heavy (non-hydrogen) atoms. The van der Waals surface area contributed by atoms with Crippen molar-refractivity contribution >= 4 is 45.2 Å². The number of aliphatic hydroxyl groups is 1. The molecular weight excluding hydrogens is 691 g/mol. The first-order valence-electron chi connectivity index (χ1n) is 13.1. The van der Waals surface area contributed by atoms with E-state index in [1.165, 1.54) is 16.8 Å². The lowest BCUT2D eigenvalue weighted by Gasteiger charge is -2.41. The van der Waals surface area contributed by atoms with E-state index >= 15 is 0 Å². The number of hydrogen-bond acceptors (Lipinski definition) is 7. The fourth-order valence-corrected chi connectivity index (χ4v) is 5.77. The van der Waals surface area contributed by atoms with E-state index in [9.17, 15) is 31.9 Å². The summed E-state index contributed by atoms with van der Waals surface area (Å²) in [6.45, 7) is 2.64. The molecule has 3 atom stereocenters. The van der Waals surface area contributed by atoms with Crippen molar-refractivity contribution in [1.82, 2.24) is 19.4 Å². The Kier molecular flexibility index (Phi) is 13.1. The quantitative estimate of drug-likeness (QED) is 0.208. The van der Waals surface area contributed by atoms with Crippen LogP contribution in [0.3, 0.4) is 0 Å². The summed E-state index contributed by atoms with van der Waals surface area (Å²) in [7, 11) is 0.